The molecular formula is C9H9F2NO2. The predicted octanol–water partition coefficient (Wildman–Crippen LogP) is 2.15. The Morgan fingerprint density at radius 3 is 2.71 bits per heavy atom. The summed E-state index contributed by atoms with van der Waals surface area (Å²) >= 11 is 0. The first-order valence-corrected chi connectivity index (χ1v) is 4.20. The molecule has 1 aromatic carbocycles. The van der Waals surface area contributed by atoms with Crippen LogP contribution in [0.1, 0.15) is 12.5 Å². The minimum atomic E-state index is -3.57. The van der Waals surface area contributed by atoms with E-state index >= 15 is 0 Å². The molecule has 0 aliphatic carbocycles. The third kappa shape index (κ3) is 1.25. The quantitative estimate of drug-likeness (QED) is 0.708. The highest BCUT2D eigenvalue weighted by Crippen LogP contribution is 2.45. The van der Waals surface area contributed by atoms with Crippen LogP contribution in [0.3, 0.4) is 0 Å². The summed E-state index contributed by atoms with van der Waals surface area (Å²) in [6.45, 7) is 1.81. The van der Waals surface area contributed by atoms with Crippen LogP contribution in [0.15, 0.2) is 12.1 Å². The summed E-state index contributed by atoms with van der Waals surface area (Å²) in [5, 5.41) is 0. The number of anilines is 1. The van der Waals surface area contributed by atoms with Crippen molar-refractivity contribution >= 4 is 5.69 Å². The molecule has 0 aromatic heterocycles. The van der Waals surface area contributed by atoms with Crippen molar-refractivity contribution in [2.24, 2.45) is 0 Å². The Morgan fingerprint density at radius 1 is 1.36 bits per heavy atom. The van der Waals surface area contributed by atoms with E-state index < -0.39 is 6.29 Å². The number of nitrogen functional groups attached to an aromatic ring is 1. The van der Waals surface area contributed by atoms with Crippen LogP contribution in [-0.4, -0.2) is 6.29 Å². The third-order valence-electron chi connectivity index (χ3n) is 2.06. The van der Waals surface area contributed by atoms with Crippen molar-refractivity contribution in [1.29, 1.82) is 0 Å². The van der Waals surface area contributed by atoms with Gasteiger partial charge in [0, 0.05) is 11.3 Å². The lowest BCUT2D eigenvalue weighted by molar-refractivity contribution is -0.286. The fourth-order valence-electron chi connectivity index (χ4n) is 1.45. The summed E-state index contributed by atoms with van der Waals surface area (Å²) in [5.41, 5.74) is 6.61. The summed E-state index contributed by atoms with van der Waals surface area (Å²) in [6, 6.07) is 2.91. The zero-order valence-corrected chi connectivity index (χ0v) is 7.51. The van der Waals surface area contributed by atoms with Gasteiger partial charge in [-0.3, -0.25) is 0 Å². The van der Waals surface area contributed by atoms with Gasteiger partial charge in [-0.2, -0.15) is 0 Å². The summed E-state index contributed by atoms with van der Waals surface area (Å²) < 4.78 is 34.0. The second-order valence-corrected chi connectivity index (χ2v) is 2.98. The van der Waals surface area contributed by atoms with Crippen molar-refractivity contribution < 1.29 is 18.3 Å². The van der Waals surface area contributed by atoms with Gasteiger partial charge >= 0.3 is 6.29 Å². The van der Waals surface area contributed by atoms with E-state index in [1.165, 1.54) is 12.1 Å². The molecular weight excluding hydrogens is 192 g/mol. The number of fused-ring (bicyclic) bond motifs is 1. The van der Waals surface area contributed by atoms with Gasteiger partial charge in [-0.05, 0) is 18.6 Å². The van der Waals surface area contributed by atoms with Gasteiger partial charge < -0.3 is 15.2 Å². The van der Waals surface area contributed by atoms with Gasteiger partial charge in [-0.25, -0.2) is 0 Å². The Bertz CT molecular complexity index is 379. The lowest BCUT2D eigenvalue weighted by Gasteiger charge is -2.07. The molecule has 5 heteroatoms. The van der Waals surface area contributed by atoms with Gasteiger partial charge in [0.25, 0.3) is 0 Å². The molecule has 2 rings (SSSR count). The molecule has 3 nitrogen and oxygen atoms in total. The normalized spacial score (nSPS) is 17.1. The van der Waals surface area contributed by atoms with Crippen LogP contribution in [-0.2, 0) is 6.42 Å². The monoisotopic (exact) mass is 201 g/mol. The van der Waals surface area contributed by atoms with Crippen molar-refractivity contribution in [3.8, 4) is 11.5 Å². The minimum absolute atomic E-state index is 0.0426. The minimum Gasteiger partial charge on any atom is -0.398 e. The largest absolute Gasteiger partial charge is 0.586 e. The third-order valence-corrected chi connectivity index (χ3v) is 2.06. The first-order chi connectivity index (χ1) is 6.53. The molecule has 0 spiro atoms. The van der Waals surface area contributed by atoms with Gasteiger partial charge in [0.15, 0.2) is 11.5 Å². The van der Waals surface area contributed by atoms with Crippen molar-refractivity contribution in [2.75, 3.05) is 5.73 Å². The Balaban J connectivity index is 2.52. The summed E-state index contributed by atoms with van der Waals surface area (Å²) in [4.78, 5) is 0. The SMILES string of the molecule is CCc1c(N)ccc2c1OC(F)(F)O2. The van der Waals surface area contributed by atoms with Crippen LogP contribution in [0, 0.1) is 0 Å². The smallest absolute Gasteiger partial charge is 0.398 e. The molecule has 14 heavy (non-hydrogen) atoms. The van der Waals surface area contributed by atoms with Crippen LogP contribution < -0.4 is 15.2 Å². The first kappa shape index (κ1) is 9.05. The standard InChI is InChI=1S/C9H9F2NO2/c1-2-5-6(12)3-4-7-8(5)14-9(10,11)13-7/h3-4H,2,12H2,1H3. The molecule has 0 unspecified atom stereocenters. The number of hydrogen-bond donors (Lipinski definition) is 1. The van der Waals surface area contributed by atoms with Crippen LogP contribution >= 0.6 is 0 Å². The molecule has 1 aliphatic rings. The second-order valence-electron chi connectivity index (χ2n) is 2.98. The van der Waals surface area contributed by atoms with Crippen LogP contribution in [0.25, 0.3) is 0 Å². The van der Waals surface area contributed by atoms with E-state index in [9.17, 15) is 8.78 Å². The average Bonchev–Trinajstić information content (AvgIpc) is 2.39. The number of benzene rings is 1. The highest BCUT2D eigenvalue weighted by atomic mass is 19.3. The topological polar surface area (TPSA) is 44.5 Å². The van der Waals surface area contributed by atoms with Gasteiger partial charge in [0.1, 0.15) is 0 Å². The van der Waals surface area contributed by atoms with Crippen molar-refractivity contribution in [2.45, 2.75) is 19.6 Å². The number of rotatable bonds is 1. The summed E-state index contributed by atoms with van der Waals surface area (Å²) in [6.07, 6.45) is -3.05. The van der Waals surface area contributed by atoms with E-state index in [4.69, 9.17) is 5.73 Å². The molecule has 0 radical (unpaired) electrons. The van der Waals surface area contributed by atoms with Crippen molar-refractivity contribution in [3.05, 3.63) is 17.7 Å². The molecule has 0 fully saturated rings. The van der Waals surface area contributed by atoms with E-state index in [1.54, 1.807) is 0 Å². The molecule has 0 amide bonds. The fraction of sp³-hybridized carbons (Fsp3) is 0.333. The second kappa shape index (κ2) is 2.73. The van der Waals surface area contributed by atoms with E-state index in [2.05, 4.69) is 9.47 Å². The van der Waals surface area contributed by atoms with Gasteiger partial charge in [0.05, 0.1) is 0 Å². The van der Waals surface area contributed by atoms with E-state index in [0.717, 1.165) is 0 Å². The first-order valence-electron chi connectivity index (χ1n) is 4.20. The fourth-order valence-corrected chi connectivity index (χ4v) is 1.45. The molecule has 0 bridgehead atoms. The average molecular weight is 201 g/mol. The maximum atomic E-state index is 12.7. The van der Waals surface area contributed by atoms with Gasteiger partial charge in [0.2, 0.25) is 0 Å². The van der Waals surface area contributed by atoms with E-state index in [-0.39, 0.29) is 11.5 Å². The molecule has 0 atom stereocenters. The van der Waals surface area contributed by atoms with Crippen molar-refractivity contribution in [3.63, 3.8) is 0 Å². The zero-order chi connectivity index (χ0) is 10.3. The lowest BCUT2D eigenvalue weighted by Crippen LogP contribution is -2.26. The number of hydrogen-bond acceptors (Lipinski definition) is 3. The van der Waals surface area contributed by atoms with Crippen LogP contribution in [0.2, 0.25) is 0 Å². The number of nitrogens with two attached hydrogens (primary N) is 1. The molecule has 1 aliphatic heterocycles. The molecule has 1 aromatic rings. The predicted molar refractivity (Wildman–Crippen MR) is 46.4 cm³/mol. The Labute approximate surface area is 79.4 Å². The maximum absolute atomic E-state index is 12.7. The highest BCUT2D eigenvalue weighted by molar-refractivity contribution is 5.61. The van der Waals surface area contributed by atoms with Crippen LogP contribution in [0.5, 0.6) is 11.5 Å². The molecule has 2 N–H and O–H groups in total. The lowest BCUT2D eigenvalue weighted by atomic mass is 10.1. The van der Waals surface area contributed by atoms with Gasteiger partial charge in [-0.1, -0.05) is 6.92 Å². The van der Waals surface area contributed by atoms with Crippen molar-refractivity contribution in [1.82, 2.24) is 0 Å². The number of halogens is 2. The van der Waals surface area contributed by atoms with E-state index in [0.29, 0.717) is 17.7 Å². The number of ether oxygens (including phenoxy) is 2. The number of alkyl halides is 2. The summed E-state index contributed by atoms with van der Waals surface area (Å²) in [7, 11) is 0. The zero-order valence-electron chi connectivity index (χ0n) is 7.51. The van der Waals surface area contributed by atoms with E-state index in [1.807, 2.05) is 6.92 Å². The Morgan fingerprint density at radius 2 is 2.07 bits per heavy atom. The Kier molecular flexibility index (Phi) is 1.77. The maximum Gasteiger partial charge on any atom is 0.586 e. The van der Waals surface area contributed by atoms with Crippen LogP contribution in [0.4, 0.5) is 14.5 Å². The molecule has 0 saturated carbocycles. The highest BCUT2D eigenvalue weighted by Gasteiger charge is 2.44. The molecule has 0 saturated heterocycles. The summed E-state index contributed by atoms with van der Waals surface area (Å²) in [5.74, 6) is 0.0959. The molecule has 1 heterocycles. The molecule has 76 valence electrons. The Hall–Kier alpha value is -1.52. The van der Waals surface area contributed by atoms with Gasteiger partial charge in [-0.15, -0.1) is 8.78 Å².